The molecule has 0 saturated heterocycles. The van der Waals surface area contributed by atoms with Crippen LogP contribution in [0.2, 0.25) is 0 Å². The van der Waals surface area contributed by atoms with Crippen molar-refractivity contribution in [2.45, 2.75) is 19.8 Å². The Hall–Kier alpha value is -1.61. The topological polar surface area (TPSA) is 77.2 Å². The second-order valence-electron chi connectivity index (χ2n) is 3.93. The molecule has 92 valence electrons. The fourth-order valence-corrected chi connectivity index (χ4v) is 2.19. The summed E-state index contributed by atoms with van der Waals surface area (Å²) >= 11 is 1.47. The summed E-state index contributed by atoms with van der Waals surface area (Å²) in [6.07, 6.45) is 0.551. The van der Waals surface area contributed by atoms with Crippen molar-refractivity contribution in [3.8, 4) is 6.07 Å². The Balaban J connectivity index is 2.55. The fraction of sp³-hybridized carbons (Fsp3) is 0.545. The van der Waals surface area contributed by atoms with Crippen LogP contribution in [0.4, 0.5) is 5.13 Å². The Bertz CT molecular complexity index is 425. The minimum atomic E-state index is -0.814. The zero-order valence-corrected chi connectivity index (χ0v) is 10.7. The number of anilines is 1. The van der Waals surface area contributed by atoms with Crippen molar-refractivity contribution in [1.29, 1.82) is 5.26 Å². The third-order valence-corrected chi connectivity index (χ3v) is 3.23. The first kappa shape index (κ1) is 13.5. The molecule has 6 heteroatoms. The van der Waals surface area contributed by atoms with Gasteiger partial charge in [0.1, 0.15) is 0 Å². The molecule has 0 amide bonds. The van der Waals surface area contributed by atoms with Crippen LogP contribution in [0.1, 0.15) is 19.0 Å². The van der Waals surface area contributed by atoms with E-state index < -0.39 is 5.97 Å². The van der Waals surface area contributed by atoms with Gasteiger partial charge in [0.2, 0.25) is 0 Å². The van der Waals surface area contributed by atoms with Crippen molar-refractivity contribution in [1.82, 2.24) is 4.98 Å². The SMILES string of the molecule is CC(C#N)CN(C)c1nc(CCC(=O)O)cs1. The average molecular weight is 253 g/mol. The number of carboxylic acids is 1. The molecule has 0 aromatic carbocycles. The minimum Gasteiger partial charge on any atom is -0.481 e. The Morgan fingerprint density at radius 3 is 3.06 bits per heavy atom. The molecule has 0 aliphatic rings. The number of aliphatic carboxylic acids is 1. The van der Waals surface area contributed by atoms with Crippen LogP contribution in [0.15, 0.2) is 5.38 Å². The fourth-order valence-electron chi connectivity index (χ4n) is 1.35. The highest BCUT2D eigenvalue weighted by molar-refractivity contribution is 7.13. The normalized spacial score (nSPS) is 11.8. The molecule has 0 radical (unpaired) electrons. The molecular formula is C11H15N3O2S. The number of hydrogen-bond acceptors (Lipinski definition) is 5. The molecule has 5 nitrogen and oxygen atoms in total. The monoisotopic (exact) mass is 253 g/mol. The summed E-state index contributed by atoms with van der Waals surface area (Å²) in [5.41, 5.74) is 0.795. The smallest absolute Gasteiger partial charge is 0.303 e. The second kappa shape index (κ2) is 6.21. The third kappa shape index (κ3) is 4.41. The predicted molar refractivity (Wildman–Crippen MR) is 66.1 cm³/mol. The van der Waals surface area contributed by atoms with Gasteiger partial charge in [0.25, 0.3) is 0 Å². The molecule has 0 aliphatic carbocycles. The van der Waals surface area contributed by atoms with E-state index in [0.717, 1.165) is 10.8 Å². The quantitative estimate of drug-likeness (QED) is 0.835. The summed E-state index contributed by atoms with van der Waals surface area (Å²) in [6.45, 7) is 2.48. The van der Waals surface area contributed by atoms with Crippen LogP contribution in [0.3, 0.4) is 0 Å². The van der Waals surface area contributed by atoms with Crippen LogP contribution >= 0.6 is 11.3 Å². The van der Waals surface area contributed by atoms with Crippen LogP contribution < -0.4 is 4.90 Å². The molecular weight excluding hydrogens is 238 g/mol. The molecule has 0 saturated carbocycles. The Kier molecular flexibility index (Phi) is 4.91. The highest BCUT2D eigenvalue weighted by atomic mass is 32.1. The van der Waals surface area contributed by atoms with E-state index in [2.05, 4.69) is 11.1 Å². The first-order valence-electron chi connectivity index (χ1n) is 5.30. The molecule has 0 spiro atoms. The van der Waals surface area contributed by atoms with E-state index in [1.165, 1.54) is 11.3 Å². The van der Waals surface area contributed by atoms with Crippen LogP contribution in [-0.2, 0) is 11.2 Å². The van der Waals surface area contributed by atoms with Gasteiger partial charge in [0.05, 0.1) is 24.1 Å². The maximum absolute atomic E-state index is 10.4. The van der Waals surface area contributed by atoms with Crippen molar-refractivity contribution < 1.29 is 9.90 Å². The molecule has 1 aromatic rings. The summed E-state index contributed by atoms with van der Waals surface area (Å²) in [4.78, 5) is 16.7. The van der Waals surface area contributed by atoms with Crippen molar-refractivity contribution in [2.75, 3.05) is 18.5 Å². The van der Waals surface area contributed by atoms with Gasteiger partial charge in [-0.3, -0.25) is 4.79 Å². The number of aromatic nitrogens is 1. The summed E-state index contributed by atoms with van der Waals surface area (Å²) < 4.78 is 0. The van der Waals surface area contributed by atoms with Gasteiger partial charge >= 0.3 is 5.97 Å². The molecule has 1 rings (SSSR count). The van der Waals surface area contributed by atoms with Gasteiger partial charge in [-0.05, 0) is 6.92 Å². The summed E-state index contributed by atoms with van der Waals surface area (Å²) in [7, 11) is 1.88. The van der Waals surface area contributed by atoms with Crippen molar-refractivity contribution >= 4 is 22.4 Å². The Morgan fingerprint density at radius 2 is 2.47 bits per heavy atom. The number of nitriles is 1. The van der Waals surface area contributed by atoms with Crippen molar-refractivity contribution in [3.05, 3.63) is 11.1 Å². The lowest BCUT2D eigenvalue weighted by Gasteiger charge is -2.16. The van der Waals surface area contributed by atoms with E-state index in [0.29, 0.717) is 13.0 Å². The van der Waals surface area contributed by atoms with Gasteiger partial charge in [0, 0.05) is 25.4 Å². The molecule has 17 heavy (non-hydrogen) atoms. The number of nitrogens with zero attached hydrogens (tertiary/aromatic N) is 3. The molecule has 0 bridgehead atoms. The molecule has 1 N–H and O–H groups in total. The number of aryl methyl sites for hydroxylation is 1. The number of hydrogen-bond donors (Lipinski definition) is 1. The van der Waals surface area contributed by atoms with Crippen LogP contribution in [0.5, 0.6) is 0 Å². The lowest BCUT2D eigenvalue weighted by Crippen LogP contribution is -2.23. The predicted octanol–water partition coefficient (Wildman–Crippen LogP) is 1.76. The number of carboxylic acid groups (broad SMARTS) is 1. The lowest BCUT2D eigenvalue weighted by molar-refractivity contribution is -0.136. The lowest BCUT2D eigenvalue weighted by atomic mass is 10.2. The maximum Gasteiger partial charge on any atom is 0.303 e. The van der Waals surface area contributed by atoms with Gasteiger partial charge in [0.15, 0.2) is 5.13 Å². The van der Waals surface area contributed by atoms with Crippen LogP contribution in [0, 0.1) is 17.2 Å². The largest absolute Gasteiger partial charge is 0.481 e. The minimum absolute atomic E-state index is 0.0497. The molecule has 1 atom stereocenters. The zero-order chi connectivity index (χ0) is 12.8. The zero-order valence-electron chi connectivity index (χ0n) is 9.88. The van der Waals surface area contributed by atoms with Crippen molar-refractivity contribution in [2.24, 2.45) is 5.92 Å². The summed E-state index contributed by atoms with van der Waals surface area (Å²) in [5, 5.41) is 20.0. The number of rotatable bonds is 6. The van der Waals surface area contributed by atoms with E-state index in [9.17, 15) is 4.79 Å². The van der Waals surface area contributed by atoms with E-state index in [1.807, 2.05) is 24.3 Å². The maximum atomic E-state index is 10.4. The third-order valence-electron chi connectivity index (χ3n) is 2.23. The van der Waals surface area contributed by atoms with Gasteiger partial charge in [-0.1, -0.05) is 0 Å². The Morgan fingerprint density at radius 1 is 1.76 bits per heavy atom. The van der Waals surface area contributed by atoms with E-state index >= 15 is 0 Å². The summed E-state index contributed by atoms with van der Waals surface area (Å²) in [5.74, 6) is -0.864. The standard InChI is InChI=1S/C11H15N3O2S/c1-8(5-12)6-14(2)11-13-9(7-17-11)3-4-10(15)16/h7-8H,3-4,6H2,1-2H3,(H,15,16). The molecule has 1 heterocycles. The van der Waals surface area contributed by atoms with Gasteiger partial charge < -0.3 is 10.0 Å². The highest BCUT2D eigenvalue weighted by Gasteiger charge is 2.10. The number of thiazole rings is 1. The summed E-state index contributed by atoms with van der Waals surface area (Å²) in [6, 6.07) is 2.17. The number of carbonyl (C=O) groups is 1. The van der Waals surface area contributed by atoms with Gasteiger partial charge in [-0.2, -0.15) is 5.26 Å². The first-order chi connectivity index (χ1) is 8.02. The average Bonchev–Trinajstić information content (AvgIpc) is 2.74. The van der Waals surface area contributed by atoms with E-state index in [4.69, 9.17) is 10.4 Å². The second-order valence-corrected chi connectivity index (χ2v) is 4.76. The Labute approximate surface area is 104 Å². The van der Waals surface area contributed by atoms with Crippen LogP contribution in [-0.4, -0.2) is 29.7 Å². The first-order valence-corrected chi connectivity index (χ1v) is 6.18. The van der Waals surface area contributed by atoms with E-state index in [1.54, 1.807) is 0 Å². The molecule has 0 aliphatic heterocycles. The van der Waals surface area contributed by atoms with Gasteiger partial charge in [-0.15, -0.1) is 11.3 Å². The van der Waals surface area contributed by atoms with Crippen LogP contribution in [0.25, 0.3) is 0 Å². The van der Waals surface area contributed by atoms with E-state index in [-0.39, 0.29) is 12.3 Å². The van der Waals surface area contributed by atoms with Crippen molar-refractivity contribution in [3.63, 3.8) is 0 Å². The van der Waals surface area contributed by atoms with Gasteiger partial charge in [-0.25, -0.2) is 4.98 Å². The molecule has 1 unspecified atom stereocenters. The molecule has 1 aromatic heterocycles. The highest BCUT2D eigenvalue weighted by Crippen LogP contribution is 2.20. The molecule has 0 fully saturated rings.